The van der Waals surface area contributed by atoms with Gasteiger partial charge in [0, 0.05) is 24.1 Å². The average Bonchev–Trinajstić information content (AvgIpc) is 2.73. The molecule has 0 aliphatic carbocycles. The zero-order valence-electron chi connectivity index (χ0n) is 10.6. The number of rotatable bonds is 3. The molecule has 1 aliphatic rings. The standard InChI is InChI=1S/C12H20N2OS2/c1-8(2)11-10(7-15)17-12(13-11)14-4-5-16-9(3)6-14/h8-9,15H,4-7H2,1-3H3. The first-order chi connectivity index (χ1) is 8.11. The lowest BCUT2D eigenvalue weighted by Crippen LogP contribution is -2.36. The maximum absolute atomic E-state index is 9.38. The molecule has 0 saturated carbocycles. The van der Waals surface area contributed by atoms with E-state index in [0.717, 1.165) is 28.8 Å². The van der Waals surface area contributed by atoms with Gasteiger partial charge in [-0.25, -0.2) is 4.98 Å². The number of hydrogen-bond acceptors (Lipinski definition) is 5. The Hall–Kier alpha value is -0.260. The van der Waals surface area contributed by atoms with E-state index in [1.165, 1.54) is 5.75 Å². The summed E-state index contributed by atoms with van der Waals surface area (Å²) in [5, 5.41) is 11.1. The van der Waals surface area contributed by atoms with Gasteiger partial charge in [0.25, 0.3) is 0 Å². The minimum absolute atomic E-state index is 0.114. The van der Waals surface area contributed by atoms with E-state index < -0.39 is 0 Å². The van der Waals surface area contributed by atoms with Gasteiger partial charge in [-0.1, -0.05) is 32.1 Å². The SMILES string of the molecule is CC1CN(c2nc(C(C)C)c(CO)s2)CCS1. The Morgan fingerprint density at radius 1 is 1.53 bits per heavy atom. The maximum Gasteiger partial charge on any atom is 0.185 e. The topological polar surface area (TPSA) is 36.4 Å². The molecule has 1 aliphatic heterocycles. The number of aliphatic hydroxyl groups excluding tert-OH is 1. The Labute approximate surface area is 111 Å². The number of thioether (sulfide) groups is 1. The molecular formula is C12H20N2OS2. The molecule has 96 valence electrons. The van der Waals surface area contributed by atoms with E-state index in [9.17, 15) is 5.11 Å². The van der Waals surface area contributed by atoms with Crippen LogP contribution in [0.4, 0.5) is 5.13 Å². The molecule has 2 heterocycles. The van der Waals surface area contributed by atoms with Gasteiger partial charge < -0.3 is 10.0 Å². The van der Waals surface area contributed by atoms with Gasteiger partial charge in [-0.15, -0.1) is 0 Å². The highest BCUT2D eigenvalue weighted by Gasteiger charge is 2.22. The Morgan fingerprint density at radius 2 is 2.29 bits per heavy atom. The van der Waals surface area contributed by atoms with Crippen LogP contribution < -0.4 is 4.90 Å². The zero-order valence-corrected chi connectivity index (χ0v) is 12.3. The van der Waals surface area contributed by atoms with E-state index >= 15 is 0 Å². The molecular weight excluding hydrogens is 252 g/mol. The monoisotopic (exact) mass is 272 g/mol. The van der Waals surface area contributed by atoms with Crippen LogP contribution in [-0.4, -0.2) is 34.2 Å². The van der Waals surface area contributed by atoms with Crippen LogP contribution in [0.3, 0.4) is 0 Å². The minimum Gasteiger partial charge on any atom is -0.391 e. The molecule has 0 amide bonds. The highest BCUT2D eigenvalue weighted by molar-refractivity contribution is 8.00. The van der Waals surface area contributed by atoms with Crippen LogP contribution in [0.2, 0.25) is 0 Å². The summed E-state index contributed by atoms with van der Waals surface area (Å²) >= 11 is 3.68. The fraction of sp³-hybridized carbons (Fsp3) is 0.750. The fourth-order valence-corrected chi connectivity index (χ4v) is 4.17. The van der Waals surface area contributed by atoms with Gasteiger partial charge in [0.15, 0.2) is 5.13 Å². The predicted molar refractivity (Wildman–Crippen MR) is 76.3 cm³/mol. The quantitative estimate of drug-likeness (QED) is 0.918. The van der Waals surface area contributed by atoms with Gasteiger partial charge in [0.2, 0.25) is 0 Å². The number of aromatic nitrogens is 1. The number of anilines is 1. The van der Waals surface area contributed by atoms with Crippen molar-refractivity contribution in [3.63, 3.8) is 0 Å². The minimum atomic E-state index is 0.114. The summed E-state index contributed by atoms with van der Waals surface area (Å²) in [6, 6.07) is 0. The lowest BCUT2D eigenvalue weighted by molar-refractivity contribution is 0.283. The first-order valence-electron chi connectivity index (χ1n) is 6.08. The van der Waals surface area contributed by atoms with Crippen molar-refractivity contribution in [3.05, 3.63) is 10.6 Å². The van der Waals surface area contributed by atoms with E-state index in [0.29, 0.717) is 11.2 Å². The summed E-state index contributed by atoms with van der Waals surface area (Å²) in [6.45, 7) is 8.79. The molecule has 0 aromatic carbocycles. The maximum atomic E-state index is 9.38. The highest BCUT2D eigenvalue weighted by atomic mass is 32.2. The molecule has 3 nitrogen and oxygen atoms in total. The molecule has 2 rings (SSSR count). The molecule has 1 aromatic heterocycles. The molecule has 0 bridgehead atoms. The fourth-order valence-electron chi connectivity index (χ4n) is 2.04. The van der Waals surface area contributed by atoms with Gasteiger partial charge in [-0.2, -0.15) is 11.8 Å². The zero-order chi connectivity index (χ0) is 12.4. The molecule has 1 aromatic rings. The van der Waals surface area contributed by atoms with Crippen molar-refractivity contribution >= 4 is 28.2 Å². The molecule has 1 unspecified atom stereocenters. The first kappa shape index (κ1) is 13.2. The second kappa shape index (κ2) is 5.59. The molecule has 0 radical (unpaired) electrons. The molecule has 0 spiro atoms. The third kappa shape index (κ3) is 2.95. The van der Waals surface area contributed by atoms with Crippen LogP contribution in [-0.2, 0) is 6.61 Å². The highest BCUT2D eigenvalue weighted by Crippen LogP contribution is 2.32. The van der Waals surface area contributed by atoms with Crippen LogP contribution in [0.5, 0.6) is 0 Å². The smallest absolute Gasteiger partial charge is 0.185 e. The molecule has 1 atom stereocenters. The summed E-state index contributed by atoms with van der Waals surface area (Å²) in [5.74, 6) is 1.56. The van der Waals surface area contributed by atoms with Gasteiger partial charge in [-0.05, 0) is 5.92 Å². The van der Waals surface area contributed by atoms with E-state index in [1.54, 1.807) is 11.3 Å². The van der Waals surface area contributed by atoms with Crippen LogP contribution >= 0.6 is 23.1 Å². The summed E-state index contributed by atoms with van der Waals surface area (Å²) in [4.78, 5) is 8.10. The largest absolute Gasteiger partial charge is 0.391 e. The van der Waals surface area contributed by atoms with Crippen molar-refractivity contribution < 1.29 is 5.11 Å². The second-order valence-corrected chi connectivity index (χ2v) is 7.35. The van der Waals surface area contributed by atoms with E-state index in [4.69, 9.17) is 4.98 Å². The molecule has 1 fully saturated rings. The summed E-state index contributed by atoms with van der Waals surface area (Å²) in [7, 11) is 0. The molecule has 1 saturated heterocycles. The van der Waals surface area contributed by atoms with Crippen molar-refractivity contribution in [1.82, 2.24) is 4.98 Å². The summed E-state index contributed by atoms with van der Waals surface area (Å²) in [6.07, 6.45) is 0. The van der Waals surface area contributed by atoms with Gasteiger partial charge >= 0.3 is 0 Å². The summed E-state index contributed by atoms with van der Waals surface area (Å²) in [5.41, 5.74) is 1.07. The Balaban J connectivity index is 2.20. The Kier molecular flexibility index (Phi) is 4.33. The number of thiazole rings is 1. The van der Waals surface area contributed by atoms with Crippen molar-refractivity contribution in [2.24, 2.45) is 0 Å². The van der Waals surface area contributed by atoms with Crippen molar-refractivity contribution in [1.29, 1.82) is 0 Å². The molecule has 1 N–H and O–H groups in total. The van der Waals surface area contributed by atoms with E-state index in [-0.39, 0.29) is 6.61 Å². The number of aliphatic hydroxyl groups is 1. The van der Waals surface area contributed by atoms with E-state index in [2.05, 4.69) is 25.7 Å². The van der Waals surface area contributed by atoms with Gasteiger partial charge in [-0.3, -0.25) is 0 Å². The average molecular weight is 272 g/mol. The Morgan fingerprint density at radius 3 is 2.82 bits per heavy atom. The third-order valence-electron chi connectivity index (χ3n) is 2.92. The second-order valence-electron chi connectivity index (χ2n) is 4.75. The Bertz CT molecular complexity index is 379. The van der Waals surface area contributed by atoms with E-state index in [1.807, 2.05) is 11.8 Å². The van der Waals surface area contributed by atoms with Crippen LogP contribution in [0.1, 0.15) is 37.3 Å². The van der Waals surface area contributed by atoms with Crippen LogP contribution in [0.15, 0.2) is 0 Å². The van der Waals surface area contributed by atoms with Crippen molar-refractivity contribution in [2.45, 2.75) is 38.5 Å². The lowest BCUT2D eigenvalue weighted by Gasteiger charge is -2.30. The van der Waals surface area contributed by atoms with Crippen LogP contribution in [0.25, 0.3) is 0 Å². The predicted octanol–water partition coefficient (Wildman–Crippen LogP) is 2.70. The van der Waals surface area contributed by atoms with Crippen LogP contribution in [0, 0.1) is 0 Å². The number of nitrogens with zero attached hydrogens (tertiary/aromatic N) is 2. The molecule has 17 heavy (non-hydrogen) atoms. The third-order valence-corrected chi connectivity index (χ3v) is 5.17. The molecule has 5 heteroatoms. The van der Waals surface area contributed by atoms with Gasteiger partial charge in [0.1, 0.15) is 0 Å². The summed E-state index contributed by atoms with van der Waals surface area (Å²) < 4.78 is 0. The van der Waals surface area contributed by atoms with Crippen molar-refractivity contribution in [3.8, 4) is 0 Å². The van der Waals surface area contributed by atoms with Gasteiger partial charge in [0.05, 0.1) is 17.2 Å². The van der Waals surface area contributed by atoms with Crippen molar-refractivity contribution in [2.75, 3.05) is 23.7 Å². The first-order valence-corrected chi connectivity index (χ1v) is 7.95. The lowest BCUT2D eigenvalue weighted by atomic mass is 10.1. The number of hydrogen-bond donors (Lipinski definition) is 1. The normalized spacial score (nSPS) is 21.2.